The van der Waals surface area contributed by atoms with Crippen molar-refractivity contribution in [1.82, 2.24) is 9.62 Å². The molecule has 10 heteroatoms. The van der Waals surface area contributed by atoms with Crippen LogP contribution in [0.3, 0.4) is 0 Å². The molecule has 2 aromatic rings. The number of anilines is 1. The van der Waals surface area contributed by atoms with Crippen LogP contribution in [0.4, 0.5) is 5.69 Å². The Morgan fingerprint density at radius 1 is 1.16 bits per heavy atom. The highest BCUT2D eigenvalue weighted by Crippen LogP contribution is 2.43. The molecule has 0 aromatic heterocycles. The number of aliphatic hydroxyl groups excluding tert-OH is 2. The minimum Gasteiger partial charge on any atom is -0.491 e. The van der Waals surface area contributed by atoms with Gasteiger partial charge in [-0.1, -0.05) is 63.1 Å². The zero-order valence-electron chi connectivity index (χ0n) is 30.2. The van der Waals surface area contributed by atoms with Gasteiger partial charge in [-0.15, -0.1) is 0 Å². The summed E-state index contributed by atoms with van der Waals surface area (Å²) < 4.78 is 8.95. The van der Waals surface area contributed by atoms with Gasteiger partial charge in [-0.3, -0.25) is 9.59 Å². The molecule has 5 atom stereocenters. The van der Waals surface area contributed by atoms with Gasteiger partial charge in [0.2, 0.25) is 12.3 Å². The number of aliphatic hydroxyl groups is 2. The molecule has 2 aromatic carbocycles. The first-order chi connectivity index (χ1) is 23.6. The number of aryl methyl sites for hydroxylation is 1. The van der Waals surface area contributed by atoms with E-state index >= 15 is 0 Å². The highest BCUT2D eigenvalue weighted by atomic mass is 35.5. The van der Waals surface area contributed by atoms with Crippen molar-refractivity contribution in [2.75, 3.05) is 38.2 Å². The largest absolute Gasteiger partial charge is 0.491 e. The van der Waals surface area contributed by atoms with Crippen LogP contribution in [0.25, 0.3) is 0 Å². The van der Waals surface area contributed by atoms with E-state index in [0.29, 0.717) is 19.1 Å². The summed E-state index contributed by atoms with van der Waals surface area (Å²) in [5.41, 5.74) is 4.43. The number of fused-ring (bicyclic) bond motifs is 1. The number of carbonyl (C=O) groups excluding carboxylic acids is 2. The van der Waals surface area contributed by atoms with Crippen molar-refractivity contribution in [3.05, 3.63) is 70.3 Å². The molecule has 2 fully saturated rings. The summed E-state index contributed by atoms with van der Waals surface area (Å²) in [6.45, 7) is 12.4. The summed E-state index contributed by atoms with van der Waals surface area (Å²) in [7, 11) is 1.79. The van der Waals surface area contributed by atoms with Crippen molar-refractivity contribution in [2.45, 2.75) is 103 Å². The maximum Gasteiger partial charge on any atom is 0.219 e. The highest BCUT2D eigenvalue weighted by molar-refractivity contribution is 7.98. The van der Waals surface area contributed by atoms with E-state index in [1.54, 1.807) is 25.8 Å². The normalized spacial score (nSPS) is 20.9. The highest BCUT2D eigenvalue weighted by Gasteiger charge is 2.38. The predicted molar refractivity (Wildman–Crippen MR) is 203 cm³/mol. The van der Waals surface area contributed by atoms with Crippen LogP contribution in [0.5, 0.6) is 5.75 Å². The molecular formula is C39H58ClN3O5S. The number of ether oxygens (including phenoxy) is 1. The van der Waals surface area contributed by atoms with Crippen LogP contribution in [-0.4, -0.2) is 72.1 Å². The summed E-state index contributed by atoms with van der Waals surface area (Å²) in [5.74, 6) is 1.60. The Hall–Kier alpha value is -2.72. The van der Waals surface area contributed by atoms with Crippen molar-refractivity contribution in [3.63, 3.8) is 0 Å². The Morgan fingerprint density at radius 3 is 2.53 bits per heavy atom. The van der Waals surface area contributed by atoms with Gasteiger partial charge >= 0.3 is 0 Å². The molecule has 0 bridgehead atoms. The Balaban J connectivity index is 0.000000633. The number of nitrogens with one attached hydrogen (secondary N) is 1. The van der Waals surface area contributed by atoms with Crippen molar-refractivity contribution in [2.24, 2.45) is 11.8 Å². The molecule has 0 spiro atoms. The predicted octanol–water partition coefficient (Wildman–Crippen LogP) is 7.71. The number of amides is 2. The van der Waals surface area contributed by atoms with Crippen LogP contribution < -0.4 is 14.4 Å². The van der Waals surface area contributed by atoms with E-state index in [-0.39, 0.29) is 17.7 Å². The summed E-state index contributed by atoms with van der Waals surface area (Å²) in [6, 6.07) is 12.2. The number of rotatable bonds is 14. The second-order valence-corrected chi connectivity index (χ2v) is 14.7. The molecule has 0 radical (unpaired) electrons. The van der Waals surface area contributed by atoms with E-state index < -0.39 is 12.2 Å². The molecule has 2 amide bonds. The lowest BCUT2D eigenvalue weighted by molar-refractivity contribution is -0.127. The molecule has 2 aliphatic carbocycles. The van der Waals surface area contributed by atoms with Gasteiger partial charge in [0.25, 0.3) is 0 Å². The molecule has 5 rings (SSSR count). The first-order valence-electron chi connectivity index (χ1n) is 18.0. The number of benzene rings is 2. The third-order valence-electron chi connectivity index (χ3n) is 9.43. The number of hydrogen-bond acceptors (Lipinski definition) is 7. The Bertz CT molecular complexity index is 1350. The van der Waals surface area contributed by atoms with Crippen LogP contribution in [-0.2, 0) is 16.0 Å². The second kappa shape index (κ2) is 20.8. The average Bonchev–Trinajstić information content (AvgIpc) is 3.92. The van der Waals surface area contributed by atoms with Gasteiger partial charge in [-0.2, -0.15) is 0 Å². The van der Waals surface area contributed by atoms with Crippen molar-refractivity contribution >= 4 is 41.6 Å². The van der Waals surface area contributed by atoms with Crippen LogP contribution in [0, 0.1) is 11.8 Å². The molecule has 3 aliphatic rings. The number of carbonyl (C=O) groups is 2. The van der Waals surface area contributed by atoms with Gasteiger partial charge in [0, 0.05) is 49.8 Å². The van der Waals surface area contributed by atoms with E-state index in [4.69, 9.17) is 16.3 Å². The Morgan fingerprint density at radius 2 is 1.92 bits per heavy atom. The summed E-state index contributed by atoms with van der Waals surface area (Å²) in [6.07, 6.45) is 10.9. The minimum atomic E-state index is -0.566. The average molecular weight is 716 g/mol. The topological polar surface area (TPSA) is 102 Å². The molecule has 1 aliphatic heterocycles. The first-order valence-corrected chi connectivity index (χ1v) is 19.3. The van der Waals surface area contributed by atoms with Crippen LogP contribution in [0.2, 0.25) is 5.02 Å². The minimum absolute atomic E-state index is 0.0483. The second-order valence-electron chi connectivity index (χ2n) is 13.1. The lowest BCUT2D eigenvalue weighted by Gasteiger charge is -2.42. The zero-order chi connectivity index (χ0) is 35.9. The molecule has 272 valence electrons. The van der Waals surface area contributed by atoms with E-state index in [2.05, 4.69) is 34.7 Å². The Kier molecular flexibility index (Phi) is 17.3. The Labute approximate surface area is 303 Å². The van der Waals surface area contributed by atoms with Crippen molar-refractivity contribution in [1.29, 1.82) is 0 Å². The third-order valence-corrected chi connectivity index (χ3v) is 10.7. The standard InChI is InChI=1S/C33H45ClN2O4.C4H7NOS.C2H6/c1-5-8-25-17-28(34)12-14-29(25)27-20-36(31-18-24(22(2)37)11-15-33(31)40-21-27)19-26-10-13-30(26)32(39)9-6-7-16-35(4)23(3)38;6-3-5-7-4-1-2-4;1-2/h6,9,11-12,14-15,17-18,22,26-27,30,32,37,39H,5,7-8,10,13,16,19-21H2,1-4H3;3-4H,1-2H2,(H,5,6);1-2H3/b9-6+;;. The molecule has 3 N–H and O–H groups in total. The molecule has 1 heterocycles. The van der Waals surface area contributed by atoms with E-state index in [9.17, 15) is 19.8 Å². The maximum absolute atomic E-state index is 11.4. The van der Waals surface area contributed by atoms with Gasteiger partial charge in [-0.25, -0.2) is 0 Å². The van der Waals surface area contributed by atoms with Crippen LogP contribution >= 0.6 is 23.5 Å². The van der Waals surface area contributed by atoms with Crippen molar-refractivity contribution < 1.29 is 24.5 Å². The van der Waals surface area contributed by atoms with E-state index in [1.165, 1.54) is 35.9 Å². The van der Waals surface area contributed by atoms with Crippen LogP contribution in [0.15, 0.2) is 48.6 Å². The van der Waals surface area contributed by atoms with E-state index in [0.717, 1.165) is 78.9 Å². The fraction of sp³-hybridized carbons (Fsp3) is 0.590. The van der Waals surface area contributed by atoms with Gasteiger partial charge in [-0.05, 0) is 110 Å². The summed E-state index contributed by atoms with van der Waals surface area (Å²) in [5, 5.41) is 22.8. The van der Waals surface area contributed by atoms with Gasteiger partial charge in [0.15, 0.2) is 0 Å². The summed E-state index contributed by atoms with van der Waals surface area (Å²) >= 11 is 7.90. The van der Waals surface area contributed by atoms with Gasteiger partial charge in [0.1, 0.15) is 5.75 Å². The molecule has 5 unspecified atom stereocenters. The fourth-order valence-electron chi connectivity index (χ4n) is 6.26. The molecule has 0 saturated heterocycles. The molecular weight excluding hydrogens is 658 g/mol. The molecule has 8 nitrogen and oxygen atoms in total. The van der Waals surface area contributed by atoms with Gasteiger partial charge < -0.3 is 29.5 Å². The lowest BCUT2D eigenvalue weighted by Crippen LogP contribution is -2.44. The molecule has 49 heavy (non-hydrogen) atoms. The number of hydrogen-bond donors (Lipinski definition) is 3. The lowest BCUT2D eigenvalue weighted by atomic mass is 9.70. The summed E-state index contributed by atoms with van der Waals surface area (Å²) in [4.78, 5) is 25.1. The van der Waals surface area contributed by atoms with Gasteiger partial charge in [0.05, 0.1) is 24.5 Å². The first kappa shape index (κ1) is 40.7. The zero-order valence-corrected chi connectivity index (χ0v) is 31.8. The fourth-order valence-corrected chi connectivity index (χ4v) is 7.07. The van der Waals surface area contributed by atoms with E-state index in [1.807, 2.05) is 44.2 Å². The number of nitrogens with zero attached hydrogens (tertiary/aromatic N) is 2. The van der Waals surface area contributed by atoms with Crippen LogP contribution in [0.1, 0.15) is 102 Å². The number of halogens is 1. The smallest absolute Gasteiger partial charge is 0.219 e. The van der Waals surface area contributed by atoms with Crippen molar-refractivity contribution in [3.8, 4) is 5.75 Å². The third kappa shape index (κ3) is 12.5. The monoisotopic (exact) mass is 715 g/mol. The maximum atomic E-state index is 11.4. The quantitative estimate of drug-likeness (QED) is 0.105. The molecule has 2 saturated carbocycles. The SMILES string of the molecule is CC.CCCc1cc(Cl)ccc1C1COc2ccc(C(C)O)cc2N(CC2CCC2C(O)/C=C/CCN(C)C(C)=O)C1.O=CNSC1CC1.